The number of aromatic amines is 1. The normalized spacial score (nSPS) is 13.3. The zero-order valence-electron chi connectivity index (χ0n) is 16.9. The predicted molar refractivity (Wildman–Crippen MR) is 116 cm³/mol. The SMILES string of the molecule is CCN(C(=O)CSc1nnnn1C1CC1)c1c(N)n(Cc2ccccc2)c(=O)[nH]c1=O. The van der Waals surface area contributed by atoms with E-state index < -0.39 is 11.2 Å². The molecule has 1 amide bonds. The number of rotatable bonds is 8. The van der Waals surface area contributed by atoms with Crippen molar-refractivity contribution in [1.29, 1.82) is 0 Å². The summed E-state index contributed by atoms with van der Waals surface area (Å²) in [4.78, 5) is 41.5. The number of nitrogen functional groups attached to an aromatic ring is 1. The molecule has 2 aromatic heterocycles. The van der Waals surface area contributed by atoms with Gasteiger partial charge in [0.2, 0.25) is 11.1 Å². The molecule has 0 atom stereocenters. The summed E-state index contributed by atoms with van der Waals surface area (Å²) in [6.45, 7) is 2.12. The number of anilines is 2. The summed E-state index contributed by atoms with van der Waals surface area (Å²) in [6, 6.07) is 9.53. The molecule has 162 valence electrons. The molecule has 4 rings (SSSR count). The summed E-state index contributed by atoms with van der Waals surface area (Å²) >= 11 is 1.20. The molecule has 1 aliphatic rings. The van der Waals surface area contributed by atoms with Crippen LogP contribution in [0.1, 0.15) is 31.4 Å². The molecule has 0 aliphatic heterocycles. The molecule has 0 bridgehead atoms. The van der Waals surface area contributed by atoms with Crippen molar-refractivity contribution in [3.05, 3.63) is 56.7 Å². The van der Waals surface area contributed by atoms with Crippen molar-refractivity contribution in [2.75, 3.05) is 22.9 Å². The molecule has 1 fully saturated rings. The van der Waals surface area contributed by atoms with E-state index in [2.05, 4.69) is 20.5 Å². The van der Waals surface area contributed by atoms with Gasteiger partial charge in [0.25, 0.3) is 5.56 Å². The third-order valence-corrected chi connectivity index (χ3v) is 5.88. The number of tetrazole rings is 1. The standard InChI is InChI=1S/C19H22N8O3S/c1-2-25(14(28)11-31-19-22-23-24-27(19)13-8-9-13)15-16(20)26(18(30)21-17(15)29)10-12-6-4-3-5-7-12/h3-7,13H,2,8-11,20H2,1H3,(H,21,29,30). The van der Waals surface area contributed by atoms with Gasteiger partial charge in [-0.05, 0) is 35.8 Å². The molecule has 0 saturated heterocycles. The van der Waals surface area contributed by atoms with Crippen LogP contribution in [0.4, 0.5) is 11.5 Å². The smallest absolute Gasteiger partial charge is 0.330 e. The Balaban J connectivity index is 1.59. The molecule has 3 N–H and O–H groups in total. The highest BCUT2D eigenvalue weighted by Crippen LogP contribution is 2.36. The van der Waals surface area contributed by atoms with E-state index in [4.69, 9.17) is 5.73 Å². The van der Waals surface area contributed by atoms with Crippen molar-refractivity contribution >= 4 is 29.2 Å². The average Bonchev–Trinajstić information content (AvgIpc) is 3.50. The monoisotopic (exact) mass is 442 g/mol. The molecule has 1 aliphatic carbocycles. The molecule has 0 unspecified atom stereocenters. The summed E-state index contributed by atoms with van der Waals surface area (Å²) in [5.74, 6) is -0.363. The first-order valence-electron chi connectivity index (χ1n) is 9.87. The van der Waals surface area contributed by atoms with Gasteiger partial charge >= 0.3 is 5.69 Å². The molecule has 12 heteroatoms. The Bertz CT molecular complexity index is 1200. The van der Waals surface area contributed by atoms with E-state index in [-0.39, 0.29) is 42.3 Å². The highest BCUT2D eigenvalue weighted by atomic mass is 32.2. The number of nitrogens with two attached hydrogens (primary N) is 1. The largest absolute Gasteiger partial charge is 0.383 e. The van der Waals surface area contributed by atoms with Gasteiger partial charge in [-0.2, -0.15) is 0 Å². The maximum Gasteiger partial charge on any atom is 0.330 e. The van der Waals surface area contributed by atoms with E-state index in [0.717, 1.165) is 18.4 Å². The number of hydrogen-bond donors (Lipinski definition) is 2. The van der Waals surface area contributed by atoms with E-state index in [1.54, 1.807) is 11.6 Å². The Kier molecular flexibility index (Phi) is 5.89. The number of carbonyl (C=O) groups is 1. The van der Waals surface area contributed by atoms with Crippen LogP contribution in [0, 0.1) is 0 Å². The van der Waals surface area contributed by atoms with Gasteiger partial charge in [-0.3, -0.25) is 19.1 Å². The van der Waals surface area contributed by atoms with Crippen LogP contribution in [-0.4, -0.2) is 48.0 Å². The molecule has 3 aromatic rings. The molecule has 11 nitrogen and oxygen atoms in total. The van der Waals surface area contributed by atoms with Crippen LogP contribution in [-0.2, 0) is 11.3 Å². The first kappa shape index (κ1) is 20.8. The van der Waals surface area contributed by atoms with Crippen LogP contribution in [0.25, 0.3) is 0 Å². The van der Waals surface area contributed by atoms with E-state index in [9.17, 15) is 14.4 Å². The summed E-state index contributed by atoms with van der Waals surface area (Å²) in [7, 11) is 0. The van der Waals surface area contributed by atoms with E-state index in [0.29, 0.717) is 5.16 Å². The van der Waals surface area contributed by atoms with Crippen LogP contribution in [0.3, 0.4) is 0 Å². The lowest BCUT2D eigenvalue weighted by molar-refractivity contribution is -0.116. The minimum Gasteiger partial charge on any atom is -0.383 e. The van der Waals surface area contributed by atoms with Crippen LogP contribution in [0.2, 0.25) is 0 Å². The number of carbonyl (C=O) groups excluding carboxylic acids is 1. The first-order chi connectivity index (χ1) is 15.0. The molecule has 31 heavy (non-hydrogen) atoms. The average molecular weight is 443 g/mol. The van der Waals surface area contributed by atoms with Crippen molar-refractivity contribution in [1.82, 2.24) is 29.8 Å². The fourth-order valence-corrected chi connectivity index (χ4v) is 4.07. The second-order valence-electron chi connectivity index (χ2n) is 7.13. The number of nitrogens with zero attached hydrogens (tertiary/aromatic N) is 6. The van der Waals surface area contributed by atoms with Gasteiger partial charge in [-0.25, -0.2) is 9.48 Å². The van der Waals surface area contributed by atoms with Crippen LogP contribution >= 0.6 is 11.8 Å². The molecule has 0 spiro atoms. The van der Waals surface area contributed by atoms with Gasteiger partial charge in [-0.15, -0.1) is 5.10 Å². The maximum atomic E-state index is 13.0. The Labute approximate surface area is 181 Å². The number of amides is 1. The highest BCUT2D eigenvalue weighted by Gasteiger charge is 2.29. The van der Waals surface area contributed by atoms with Gasteiger partial charge in [0.15, 0.2) is 5.69 Å². The van der Waals surface area contributed by atoms with Crippen molar-refractivity contribution in [3.8, 4) is 0 Å². The Morgan fingerprint density at radius 2 is 2.03 bits per heavy atom. The lowest BCUT2D eigenvalue weighted by Crippen LogP contribution is -2.41. The quantitative estimate of drug-likeness (QED) is 0.483. The Morgan fingerprint density at radius 1 is 1.29 bits per heavy atom. The Hall–Kier alpha value is -3.41. The molecule has 2 heterocycles. The first-order valence-corrected chi connectivity index (χ1v) is 10.9. The number of H-pyrrole nitrogens is 1. The minimum absolute atomic E-state index is 0.0254. The zero-order chi connectivity index (χ0) is 22.0. The van der Waals surface area contributed by atoms with E-state index in [1.165, 1.54) is 21.2 Å². The van der Waals surface area contributed by atoms with Gasteiger partial charge in [0.05, 0.1) is 18.3 Å². The fraction of sp³-hybridized carbons (Fsp3) is 0.368. The third-order valence-electron chi connectivity index (χ3n) is 4.96. The maximum absolute atomic E-state index is 13.0. The van der Waals surface area contributed by atoms with Crippen LogP contribution in [0.15, 0.2) is 45.1 Å². The van der Waals surface area contributed by atoms with Crippen molar-refractivity contribution in [2.24, 2.45) is 0 Å². The molecule has 1 saturated carbocycles. The lowest BCUT2D eigenvalue weighted by Gasteiger charge is -2.23. The summed E-state index contributed by atoms with van der Waals surface area (Å²) in [5, 5.41) is 12.2. The second-order valence-corrected chi connectivity index (χ2v) is 8.07. The summed E-state index contributed by atoms with van der Waals surface area (Å²) < 4.78 is 2.97. The van der Waals surface area contributed by atoms with E-state index >= 15 is 0 Å². The number of thioether (sulfide) groups is 1. The van der Waals surface area contributed by atoms with Gasteiger partial charge in [0, 0.05) is 6.54 Å². The van der Waals surface area contributed by atoms with Gasteiger partial charge < -0.3 is 10.6 Å². The number of benzene rings is 1. The van der Waals surface area contributed by atoms with Crippen molar-refractivity contribution < 1.29 is 4.79 Å². The van der Waals surface area contributed by atoms with Crippen molar-refractivity contribution in [2.45, 2.75) is 37.5 Å². The summed E-state index contributed by atoms with van der Waals surface area (Å²) in [6.07, 6.45) is 2.03. The number of nitrogens with one attached hydrogen (secondary N) is 1. The van der Waals surface area contributed by atoms with Crippen LogP contribution in [0.5, 0.6) is 0 Å². The van der Waals surface area contributed by atoms with E-state index in [1.807, 2.05) is 30.3 Å². The predicted octanol–water partition coefficient (Wildman–Crippen LogP) is 0.634. The third kappa shape index (κ3) is 4.38. The van der Waals surface area contributed by atoms with Crippen molar-refractivity contribution in [3.63, 3.8) is 0 Å². The highest BCUT2D eigenvalue weighted by molar-refractivity contribution is 7.99. The molecular formula is C19H22N8O3S. The summed E-state index contributed by atoms with van der Waals surface area (Å²) in [5.41, 5.74) is 5.69. The van der Waals surface area contributed by atoms with Crippen LogP contribution < -0.4 is 21.9 Å². The molecular weight excluding hydrogens is 420 g/mol. The topological polar surface area (TPSA) is 145 Å². The molecule has 1 aromatic carbocycles. The van der Waals surface area contributed by atoms with Gasteiger partial charge in [0.1, 0.15) is 5.82 Å². The number of hydrogen-bond acceptors (Lipinski definition) is 8. The molecule has 0 radical (unpaired) electrons. The Morgan fingerprint density at radius 3 is 2.71 bits per heavy atom. The number of aromatic nitrogens is 6. The second kappa shape index (κ2) is 8.76. The van der Waals surface area contributed by atoms with Gasteiger partial charge in [-0.1, -0.05) is 42.1 Å². The fourth-order valence-electron chi connectivity index (χ4n) is 3.25. The lowest BCUT2D eigenvalue weighted by atomic mass is 10.2. The zero-order valence-corrected chi connectivity index (χ0v) is 17.7. The minimum atomic E-state index is -0.699.